The van der Waals surface area contributed by atoms with Crippen molar-refractivity contribution in [3.05, 3.63) is 33.9 Å². The Labute approximate surface area is 141 Å². The number of carbonyl (C=O) groups excluding carboxylic acids is 1. The van der Waals surface area contributed by atoms with Gasteiger partial charge in [-0.2, -0.15) is 8.42 Å². The van der Waals surface area contributed by atoms with Gasteiger partial charge in [0.05, 0.1) is 16.2 Å². The zero-order valence-corrected chi connectivity index (χ0v) is 14.3. The lowest BCUT2D eigenvalue weighted by atomic mass is 10.2. The first-order chi connectivity index (χ1) is 11.2. The SMILES string of the molecule is CCC(=O)Nc1nnc(S(=O)(=O)Nc2cccc([N+](=O)[O-])c2C)s1. The Kier molecular flexibility index (Phi) is 5.09. The molecule has 0 aliphatic heterocycles. The number of nitro groups is 1. The fourth-order valence-electron chi connectivity index (χ4n) is 1.70. The molecule has 0 aliphatic rings. The highest BCUT2D eigenvalue weighted by molar-refractivity contribution is 7.94. The van der Waals surface area contributed by atoms with Crippen LogP contribution >= 0.6 is 11.3 Å². The predicted molar refractivity (Wildman–Crippen MR) is 87.5 cm³/mol. The van der Waals surface area contributed by atoms with Gasteiger partial charge < -0.3 is 5.32 Å². The van der Waals surface area contributed by atoms with E-state index >= 15 is 0 Å². The zero-order chi connectivity index (χ0) is 17.9. The first kappa shape index (κ1) is 17.7. The van der Waals surface area contributed by atoms with Gasteiger partial charge in [-0.3, -0.25) is 19.6 Å². The minimum atomic E-state index is -4.08. The summed E-state index contributed by atoms with van der Waals surface area (Å²) in [4.78, 5) is 21.6. The molecule has 0 saturated carbocycles. The Morgan fingerprint density at radius 3 is 2.71 bits per heavy atom. The number of aromatic nitrogens is 2. The molecule has 1 aromatic heterocycles. The third-order valence-electron chi connectivity index (χ3n) is 2.95. The molecule has 2 rings (SSSR count). The molecule has 1 amide bonds. The molecule has 128 valence electrons. The van der Waals surface area contributed by atoms with Crippen LogP contribution in [0, 0.1) is 17.0 Å². The summed E-state index contributed by atoms with van der Waals surface area (Å²) >= 11 is 0.681. The molecule has 0 spiro atoms. The second-order valence-corrected chi connectivity index (χ2v) is 7.42. The first-order valence-electron chi connectivity index (χ1n) is 6.64. The van der Waals surface area contributed by atoms with Crippen LogP contribution in [0.15, 0.2) is 22.5 Å². The molecule has 2 aromatic rings. The molecular formula is C12H13N5O5S2. The van der Waals surface area contributed by atoms with Crippen molar-refractivity contribution < 1.29 is 18.1 Å². The van der Waals surface area contributed by atoms with E-state index in [0.717, 1.165) is 0 Å². The van der Waals surface area contributed by atoms with Crippen molar-refractivity contribution in [3.63, 3.8) is 0 Å². The van der Waals surface area contributed by atoms with Crippen molar-refractivity contribution in [2.24, 2.45) is 0 Å². The number of benzene rings is 1. The molecule has 12 heteroatoms. The maximum absolute atomic E-state index is 12.3. The summed E-state index contributed by atoms with van der Waals surface area (Å²) in [5, 5.41) is 20.5. The van der Waals surface area contributed by atoms with Crippen molar-refractivity contribution in [2.45, 2.75) is 24.6 Å². The third kappa shape index (κ3) is 3.83. The smallest absolute Gasteiger partial charge is 0.291 e. The van der Waals surface area contributed by atoms with Gasteiger partial charge in [0.25, 0.3) is 20.1 Å². The van der Waals surface area contributed by atoms with Gasteiger partial charge in [-0.1, -0.05) is 24.3 Å². The topological polar surface area (TPSA) is 144 Å². The summed E-state index contributed by atoms with van der Waals surface area (Å²) < 4.78 is 26.5. The second kappa shape index (κ2) is 6.88. The van der Waals surface area contributed by atoms with Gasteiger partial charge in [-0.15, -0.1) is 10.2 Å². The quantitative estimate of drug-likeness (QED) is 0.448. The summed E-state index contributed by atoms with van der Waals surface area (Å²) in [6, 6.07) is 4.05. The number of nitro benzene ring substituents is 1. The van der Waals surface area contributed by atoms with Crippen molar-refractivity contribution in [2.75, 3.05) is 10.0 Å². The fraction of sp³-hybridized carbons (Fsp3) is 0.250. The average Bonchev–Trinajstić information content (AvgIpc) is 2.98. The van der Waals surface area contributed by atoms with Crippen LogP contribution < -0.4 is 10.0 Å². The Hall–Kier alpha value is -2.60. The molecule has 2 N–H and O–H groups in total. The molecule has 0 unspecified atom stereocenters. The van der Waals surface area contributed by atoms with E-state index < -0.39 is 14.9 Å². The van der Waals surface area contributed by atoms with Gasteiger partial charge in [-0.05, 0) is 13.0 Å². The highest BCUT2D eigenvalue weighted by Crippen LogP contribution is 2.28. The Morgan fingerprint density at radius 2 is 2.08 bits per heavy atom. The van der Waals surface area contributed by atoms with Crippen LogP contribution in [0.1, 0.15) is 18.9 Å². The van der Waals surface area contributed by atoms with Gasteiger partial charge in [0, 0.05) is 12.5 Å². The van der Waals surface area contributed by atoms with Crippen molar-refractivity contribution in [1.82, 2.24) is 10.2 Å². The minimum absolute atomic E-state index is 0.0537. The van der Waals surface area contributed by atoms with Gasteiger partial charge >= 0.3 is 0 Å². The van der Waals surface area contributed by atoms with E-state index in [4.69, 9.17) is 0 Å². The number of nitrogens with zero attached hydrogens (tertiary/aromatic N) is 3. The van der Waals surface area contributed by atoms with E-state index in [1.54, 1.807) is 6.92 Å². The number of carbonyl (C=O) groups is 1. The maximum atomic E-state index is 12.3. The number of rotatable bonds is 6. The standard InChI is InChI=1S/C12H13N5O5S2/c1-3-10(18)13-11-14-15-12(23-11)24(21,22)16-8-5-4-6-9(7(8)2)17(19)20/h4-6,16H,3H2,1-2H3,(H,13,14,18). The number of amides is 1. The Bertz CT molecular complexity index is 893. The van der Waals surface area contributed by atoms with Gasteiger partial charge in [0.15, 0.2) is 0 Å². The summed E-state index contributed by atoms with van der Waals surface area (Å²) in [7, 11) is -4.08. The molecule has 10 nitrogen and oxygen atoms in total. The molecule has 1 heterocycles. The monoisotopic (exact) mass is 371 g/mol. The lowest BCUT2D eigenvalue weighted by Gasteiger charge is -2.08. The van der Waals surface area contributed by atoms with Crippen LogP contribution in [0.5, 0.6) is 0 Å². The summed E-state index contributed by atoms with van der Waals surface area (Å²) in [6.07, 6.45) is 0.215. The maximum Gasteiger partial charge on any atom is 0.291 e. The van der Waals surface area contributed by atoms with E-state index in [-0.39, 0.29) is 38.7 Å². The highest BCUT2D eigenvalue weighted by atomic mass is 32.2. The summed E-state index contributed by atoms with van der Waals surface area (Å²) in [6.45, 7) is 3.07. The number of nitrogens with one attached hydrogen (secondary N) is 2. The van der Waals surface area contributed by atoms with E-state index in [9.17, 15) is 23.3 Å². The van der Waals surface area contributed by atoms with E-state index in [1.165, 1.54) is 25.1 Å². The van der Waals surface area contributed by atoms with Crippen LogP contribution in [0.3, 0.4) is 0 Å². The molecule has 0 atom stereocenters. The normalized spacial score (nSPS) is 11.1. The van der Waals surface area contributed by atoms with Crippen molar-refractivity contribution in [3.8, 4) is 0 Å². The van der Waals surface area contributed by atoms with Crippen molar-refractivity contribution >= 4 is 43.8 Å². The molecule has 1 aromatic carbocycles. The molecule has 0 aliphatic carbocycles. The number of anilines is 2. The summed E-state index contributed by atoms with van der Waals surface area (Å²) in [5.41, 5.74) is 0.0389. The molecule has 24 heavy (non-hydrogen) atoms. The van der Waals surface area contributed by atoms with Crippen LogP contribution in [0.2, 0.25) is 0 Å². The lowest BCUT2D eigenvalue weighted by molar-refractivity contribution is -0.385. The number of sulfonamides is 1. The minimum Gasteiger partial charge on any atom is -0.301 e. The van der Waals surface area contributed by atoms with Gasteiger partial charge in [-0.25, -0.2) is 0 Å². The average molecular weight is 371 g/mol. The van der Waals surface area contributed by atoms with Crippen LogP contribution in [-0.4, -0.2) is 29.4 Å². The number of hydrogen-bond donors (Lipinski definition) is 2. The molecule has 0 radical (unpaired) electrons. The lowest BCUT2D eigenvalue weighted by Crippen LogP contribution is -2.14. The fourth-order valence-corrected chi connectivity index (χ4v) is 3.74. The van der Waals surface area contributed by atoms with Crippen molar-refractivity contribution in [1.29, 1.82) is 0 Å². The summed E-state index contributed by atoms with van der Waals surface area (Å²) in [5.74, 6) is -0.322. The number of hydrogen-bond acceptors (Lipinski definition) is 8. The van der Waals surface area contributed by atoms with Crippen LogP contribution in [-0.2, 0) is 14.8 Å². The largest absolute Gasteiger partial charge is 0.301 e. The van der Waals surface area contributed by atoms with Gasteiger partial charge in [0.2, 0.25) is 11.0 Å². The highest BCUT2D eigenvalue weighted by Gasteiger charge is 2.23. The molecule has 0 saturated heterocycles. The molecule has 0 fully saturated rings. The Balaban J connectivity index is 2.28. The Morgan fingerprint density at radius 1 is 1.38 bits per heavy atom. The zero-order valence-electron chi connectivity index (χ0n) is 12.6. The third-order valence-corrected chi connectivity index (χ3v) is 5.52. The predicted octanol–water partition coefficient (Wildman–Crippen LogP) is 1.90. The van der Waals surface area contributed by atoms with Crippen LogP contribution in [0.25, 0.3) is 0 Å². The van der Waals surface area contributed by atoms with Crippen LogP contribution in [0.4, 0.5) is 16.5 Å². The van der Waals surface area contributed by atoms with E-state index in [1.807, 2.05) is 0 Å². The molecular weight excluding hydrogens is 358 g/mol. The first-order valence-corrected chi connectivity index (χ1v) is 8.94. The van der Waals surface area contributed by atoms with E-state index in [0.29, 0.717) is 11.3 Å². The second-order valence-electron chi connectivity index (χ2n) is 4.59. The molecule has 0 bridgehead atoms. The van der Waals surface area contributed by atoms with Gasteiger partial charge in [0.1, 0.15) is 0 Å². The van der Waals surface area contributed by atoms with E-state index in [2.05, 4.69) is 20.2 Å².